The molecule has 0 aromatic heterocycles. The van der Waals surface area contributed by atoms with Crippen LogP contribution in [0, 0.1) is 17.0 Å². The minimum Gasteiger partial charge on any atom is -0.375 e. The second kappa shape index (κ2) is 9.92. The summed E-state index contributed by atoms with van der Waals surface area (Å²) in [4.78, 5) is 27.9. The average molecular weight is 465 g/mol. The number of anilines is 2. The van der Waals surface area contributed by atoms with Gasteiger partial charge in [-0.2, -0.15) is 0 Å². The van der Waals surface area contributed by atoms with E-state index in [0.29, 0.717) is 49.0 Å². The number of hydrogen-bond donors (Lipinski definition) is 1. The van der Waals surface area contributed by atoms with Crippen molar-refractivity contribution in [3.05, 3.63) is 98.6 Å². The van der Waals surface area contributed by atoms with E-state index in [-0.39, 0.29) is 16.5 Å². The molecule has 0 saturated carbocycles. The standard InChI is InChI=1S/C25H25ClN4O3/c1-18-2-6-20(7-3-18)25(31)29-14-12-28(13-15-29)22-10-11-24(30(32)33)23(16-22)27-17-19-4-8-21(26)9-5-19/h2-11,16,27H,12-15,17H2,1H3. The molecule has 0 spiro atoms. The second-order valence-electron chi connectivity index (χ2n) is 8.08. The monoisotopic (exact) mass is 464 g/mol. The van der Waals surface area contributed by atoms with Gasteiger partial charge in [0.1, 0.15) is 5.69 Å². The van der Waals surface area contributed by atoms with Crippen LogP contribution in [0.2, 0.25) is 5.02 Å². The Kier molecular flexibility index (Phi) is 6.79. The van der Waals surface area contributed by atoms with Crippen LogP contribution < -0.4 is 10.2 Å². The Bertz CT molecular complexity index is 1140. The minimum absolute atomic E-state index is 0.0286. The topological polar surface area (TPSA) is 78.7 Å². The lowest BCUT2D eigenvalue weighted by Gasteiger charge is -2.36. The van der Waals surface area contributed by atoms with E-state index in [2.05, 4.69) is 10.2 Å². The number of rotatable bonds is 6. The molecule has 170 valence electrons. The van der Waals surface area contributed by atoms with Crippen molar-refractivity contribution >= 4 is 34.6 Å². The van der Waals surface area contributed by atoms with Crippen LogP contribution in [0.15, 0.2) is 66.7 Å². The van der Waals surface area contributed by atoms with Crippen molar-refractivity contribution in [3.63, 3.8) is 0 Å². The minimum atomic E-state index is -0.383. The summed E-state index contributed by atoms with van der Waals surface area (Å²) >= 11 is 5.93. The fourth-order valence-corrected chi connectivity index (χ4v) is 3.99. The summed E-state index contributed by atoms with van der Waals surface area (Å²) in [6.45, 7) is 4.95. The van der Waals surface area contributed by atoms with E-state index < -0.39 is 0 Å². The third-order valence-corrected chi connectivity index (χ3v) is 6.06. The van der Waals surface area contributed by atoms with E-state index in [0.717, 1.165) is 16.8 Å². The van der Waals surface area contributed by atoms with Crippen LogP contribution in [-0.4, -0.2) is 41.9 Å². The lowest BCUT2D eigenvalue weighted by atomic mass is 10.1. The molecule has 1 aliphatic rings. The molecule has 0 unspecified atom stereocenters. The first-order valence-corrected chi connectivity index (χ1v) is 11.2. The highest BCUT2D eigenvalue weighted by atomic mass is 35.5. The largest absolute Gasteiger partial charge is 0.375 e. The van der Waals surface area contributed by atoms with Gasteiger partial charge >= 0.3 is 0 Å². The molecular weight excluding hydrogens is 440 g/mol. The summed E-state index contributed by atoms with van der Waals surface area (Å²) in [7, 11) is 0. The SMILES string of the molecule is Cc1ccc(C(=O)N2CCN(c3ccc([N+](=O)[O-])c(NCc4ccc(Cl)cc4)c3)CC2)cc1. The Labute approximate surface area is 197 Å². The molecule has 1 fully saturated rings. The van der Waals surface area contributed by atoms with E-state index in [4.69, 9.17) is 11.6 Å². The summed E-state index contributed by atoms with van der Waals surface area (Å²) in [6, 6.07) is 20.1. The van der Waals surface area contributed by atoms with Gasteiger partial charge in [0, 0.05) is 55.1 Å². The maximum absolute atomic E-state index is 12.8. The van der Waals surface area contributed by atoms with Crippen LogP contribution in [0.3, 0.4) is 0 Å². The molecule has 0 bridgehead atoms. The van der Waals surface area contributed by atoms with Crippen LogP contribution >= 0.6 is 11.6 Å². The third-order valence-electron chi connectivity index (χ3n) is 5.80. The molecule has 3 aromatic rings. The van der Waals surface area contributed by atoms with Gasteiger partial charge in [-0.15, -0.1) is 0 Å². The molecule has 3 aromatic carbocycles. The number of hydrogen-bond acceptors (Lipinski definition) is 5. The fourth-order valence-electron chi connectivity index (χ4n) is 3.87. The van der Waals surface area contributed by atoms with Crippen LogP contribution in [0.25, 0.3) is 0 Å². The van der Waals surface area contributed by atoms with Gasteiger partial charge in [0.25, 0.3) is 11.6 Å². The fraction of sp³-hybridized carbons (Fsp3) is 0.240. The van der Waals surface area contributed by atoms with Crippen LogP contribution in [-0.2, 0) is 6.54 Å². The highest BCUT2D eigenvalue weighted by Gasteiger charge is 2.24. The Morgan fingerprint density at radius 3 is 2.30 bits per heavy atom. The van der Waals surface area contributed by atoms with Crippen molar-refractivity contribution in [2.45, 2.75) is 13.5 Å². The number of nitrogens with zero attached hydrogens (tertiary/aromatic N) is 3. The van der Waals surface area contributed by atoms with Gasteiger partial charge in [0.2, 0.25) is 0 Å². The number of nitrogens with one attached hydrogen (secondary N) is 1. The molecule has 1 heterocycles. The molecule has 1 N–H and O–H groups in total. The number of nitro groups is 1. The first kappa shape index (κ1) is 22.6. The van der Waals surface area contributed by atoms with Crippen molar-refractivity contribution in [2.24, 2.45) is 0 Å². The quantitative estimate of drug-likeness (QED) is 0.404. The highest BCUT2D eigenvalue weighted by molar-refractivity contribution is 6.30. The first-order chi connectivity index (χ1) is 15.9. The normalized spacial score (nSPS) is 13.6. The second-order valence-corrected chi connectivity index (χ2v) is 8.52. The smallest absolute Gasteiger partial charge is 0.292 e. The predicted molar refractivity (Wildman–Crippen MR) is 131 cm³/mol. The van der Waals surface area contributed by atoms with E-state index >= 15 is 0 Å². The number of aryl methyl sites for hydroxylation is 1. The lowest BCUT2D eigenvalue weighted by Crippen LogP contribution is -2.48. The van der Waals surface area contributed by atoms with Gasteiger partial charge in [0.15, 0.2) is 0 Å². The Balaban J connectivity index is 1.44. The number of halogens is 1. The Morgan fingerprint density at radius 2 is 1.67 bits per heavy atom. The maximum Gasteiger partial charge on any atom is 0.292 e. The molecule has 1 amide bonds. The molecular formula is C25H25ClN4O3. The molecule has 33 heavy (non-hydrogen) atoms. The highest BCUT2D eigenvalue weighted by Crippen LogP contribution is 2.31. The lowest BCUT2D eigenvalue weighted by molar-refractivity contribution is -0.384. The maximum atomic E-state index is 12.8. The van der Waals surface area contributed by atoms with Gasteiger partial charge in [-0.05, 0) is 48.9 Å². The van der Waals surface area contributed by atoms with Gasteiger partial charge in [0.05, 0.1) is 4.92 Å². The number of amides is 1. The molecule has 0 aliphatic carbocycles. The number of benzene rings is 3. The summed E-state index contributed by atoms with van der Waals surface area (Å²) in [5.74, 6) is 0.0312. The van der Waals surface area contributed by atoms with Crippen molar-refractivity contribution in [1.29, 1.82) is 0 Å². The molecule has 8 heteroatoms. The third kappa shape index (κ3) is 5.43. The van der Waals surface area contributed by atoms with Gasteiger partial charge in [-0.3, -0.25) is 14.9 Å². The van der Waals surface area contributed by atoms with Gasteiger partial charge < -0.3 is 15.1 Å². The van der Waals surface area contributed by atoms with Gasteiger partial charge in [-0.25, -0.2) is 0 Å². The molecule has 1 saturated heterocycles. The van der Waals surface area contributed by atoms with E-state index in [9.17, 15) is 14.9 Å². The summed E-state index contributed by atoms with van der Waals surface area (Å²) < 4.78 is 0. The van der Waals surface area contributed by atoms with Crippen molar-refractivity contribution in [2.75, 3.05) is 36.4 Å². The number of carbonyl (C=O) groups excluding carboxylic acids is 1. The zero-order valence-electron chi connectivity index (χ0n) is 18.3. The molecule has 0 atom stereocenters. The van der Waals surface area contributed by atoms with E-state index in [1.54, 1.807) is 18.2 Å². The summed E-state index contributed by atoms with van der Waals surface area (Å²) in [6.07, 6.45) is 0. The van der Waals surface area contributed by atoms with Gasteiger partial charge in [-0.1, -0.05) is 41.4 Å². The molecule has 4 rings (SSSR count). The zero-order chi connectivity index (χ0) is 23.4. The van der Waals surface area contributed by atoms with Crippen molar-refractivity contribution in [3.8, 4) is 0 Å². The summed E-state index contributed by atoms with van der Waals surface area (Å²) in [5.41, 5.74) is 4.17. The Morgan fingerprint density at radius 1 is 1.00 bits per heavy atom. The zero-order valence-corrected chi connectivity index (χ0v) is 19.1. The average Bonchev–Trinajstić information content (AvgIpc) is 2.83. The first-order valence-electron chi connectivity index (χ1n) is 10.8. The number of piperazine rings is 1. The molecule has 0 radical (unpaired) electrons. The van der Waals surface area contributed by atoms with Crippen LogP contribution in [0.1, 0.15) is 21.5 Å². The van der Waals surface area contributed by atoms with Crippen LogP contribution in [0.4, 0.5) is 17.1 Å². The van der Waals surface area contributed by atoms with Crippen molar-refractivity contribution < 1.29 is 9.72 Å². The summed E-state index contributed by atoms with van der Waals surface area (Å²) in [5, 5.41) is 15.4. The van der Waals surface area contributed by atoms with Crippen LogP contribution in [0.5, 0.6) is 0 Å². The molecule has 1 aliphatic heterocycles. The predicted octanol–water partition coefficient (Wildman–Crippen LogP) is 5.13. The van der Waals surface area contributed by atoms with E-state index in [1.165, 1.54) is 6.07 Å². The number of carbonyl (C=O) groups is 1. The van der Waals surface area contributed by atoms with E-state index in [1.807, 2.05) is 54.3 Å². The number of nitro benzene ring substituents is 1. The molecule has 7 nitrogen and oxygen atoms in total. The Hall–Kier alpha value is -3.58. The van der Waals surface area contributed by atoms with Crippen molar-refractivity contribution in [1.82, 2.24) is 4.90 Å².